The molecule has 0 radical (unpaired) electrons. The summed E-state index contributed by atoms with van der Waals surface area (Å²) in [5.41, 5.74) is 4.53. The molecule has 2 aromatic rings. The minimum absolute atomic E-state index is 0.0527. The number of amides is 1. The maximum atomic E-state index is 12.2. The van der Waals surface area contributed by atoms with Crippen LogP contribution in [0.1, 0.15) is 36.3 Å². The Bertz CT molecular complexity index is 790. The number of carbonyl (C=O) groups is 2. The molecule has 0 fully saturated rings. The van der Waals surface area contributed by atoms with Crippen LogP contribution in [-0.2, 0) is 14.3 Å². The maximum Gasteiger partial charge on any atom is 0.407 e. The molecule has 1 aliphatic rings. The van der Waals surface area contributed by atoms with Crippen LogP contribution in [-0.4, -0.2) is 43.5 Å². The molecule has 1 aliphatic carbocycles. The lowest BCUT2D eigenvalue weighted by Crippen LogP contribution is -2.41. The van der Waals surface area contributed by atoms with Gasteiger partial charge in [-0.1, -0.05) is 48.5 Å². The van der Waals surface area contributed by atoms with E-state index in [4.69, 9.17) is 9.47 Å². The van der Waals surface area contributed by atoms with Crippen LogP contribution in [0.3, 0.4) is 0 Å². The van der Waals surface area contributed by atoms with Crippen LogP contribution in [0.4, 0.5) is 4.79 Å². The van der Waals surface area contributed by atoms with E-state index in [-0.39, 0.29) is 12.5 Å². The molecule has 0 aliphatic heterocycles. The molecule has 2 N–H and O–H groups in total. The van der Waals surface area contributed by atoms with Crippen LogP contribution >= 0.6 is 0 Å². The predicted octanol–water partition coefficient (Wildman–Crippen LogP) is 3.80. The van der Waals surface area contributed by atoms with E-state index in [1.807, 2.05) is 36.4 Å². The van der Waals surface area contributed by atoms with E-state index in [1.54, 1.807) is 7.11 Å². The zero-order valence-electron chi connectivity index (χ0n) is 15.9. The molecule has 0 spiro atoms. The monoisotopic (exact) mass is 383 g/mol. The summed E-state index contributed by atoms with van der Waals surface area (Å²) in [5, 5.41) is 11.8. The number of hydrogen-bond donors (Lipinski definition) is 2. The van der Waals surface area contributed by atoms with Crippen LogP contribution in [0, 0.1) is 0 Å². The van der Waals surface area contributed by atoms with Crippen molar-refractivity contribution >= 4 is 12.1 Å². The Morgan fingerprint density at radius 2 is 1.64 bits per heavy atom. The van der Waals surface area contributed by atoms with Crippen LogP contribution in [0.25, 0.3) is 11.1 Å². The standard InChI is InChI=1S/C22H25NO5/c1-27-13-7-6-12-20(21(24)25)23-22(26)28-14-19-17-10-4-2-8-15(17)16-9-3-5-11-18(16)19/h2-5,8-11,19-20H,6-7,12-14H2,1H3,(H,23,26)(H,24,25)/t20-/m1/s1. The molecule has 0 saturated heterocycles. The largest absolute Gasteiger partial charge is 0.480 e. The minimum atomic E-state index is -1.06. The second kappa shape index (κ2) is 9.37. The van der Waals surface area contributed by atoms with E-state index in [0.717, 1.165) is 28.7 Å². The lowest BCUT2D eigenvalue weighted by Gasteiger charge is -2.17. The van der Waals surface area contributed by atoms with Crippen molar-refractivity contribution in [1.82, 2.24) is 5.32 Å². The third-order valence-corrected chi connectivity index (χ3v) is 5.03. The summed E-state index contributed by atoms with van der Waals surface area (Å²) in [4.78, 5) is 23.6. The van der Waals surface area contributed by atoms with E-state index < -0.39 is 18.1 Å². The van der Waals surface area contributed by atoms with E-state index >= 15 is 0 Å². The molecule has 0 unspecified atom stereocenters. The molecule has 148 valence electrons. The molecular formula is C22H25NO5. The first-order valence-corrected chi connectivity index (χ1v) is 9.45. The number of aliphatic carboxylic acids is 1. The van der Waals surface area contributed by atoms with E-state index in [0.29, 0.717) is 19.4 Å². The summed E-state index contributed by atoms with van der Waals surface area (Å²) in [6.45, 7) is 0.729. The molecule has 3 rings (SSSR count). The van der Waals surface area contributed by atoms with Crippen molar-refractivity contribution in [1.29, 1.82) is 0 Å². The van der Waals surface area contributed by atoms with Gasteiger partial charge >= 0.3 is 12.1 Å². The van der Waals surface area contributed by atoms with E-state index in [1.165, 1.54) is 0 Å². The number of methoxy groups -OCH3 is 1. The van der Waals surface area contributed by atoms with Crippen LogP contribution in [0.15, 0.2) is 48.5 Å². The molecule has 6 nitrogen and oxygen atoms in total. The fourth-order valence-corrected chi connectivity index (χ4v) is 3.63. The second-order valence-corrected chi connectivity index (χ2v) is 6.85. The number of carboxylic acid groups (broad SMARTS) is 1. The average Bonchev–Trinajstić information content (AvgIpc) is 3.02. The molecule has 2 aromatic carbocycles. The Balaban J connectivity index is 1.60. The summed E-state index contributed by atoms with van der Waals surface area (Å²) in [6.07, 6.45) is 1.02. The molecule has 1 amide bonds. The first kappa shape index (κ1) is 19.9. The van der Waals surface area contributed by atoms with Gasteiger partial charge in [-0.25, -0.2) is 9.59 Å². The first-order valence-electron chi connectivity index (χ1n) is 9.45. The number of unbranched alkanes of at least 4 members (excludes halogenated alkanes) is 1. The highest BCUT2D eigenvalue weighted by molar-refractivity contribution is 5.81. The summed E-state index contributed by atoms with van der Waals surface area (Å²) in [5.74, 6) is -1.12. The lowest BCUT2D eigenvalue weighted by molar-refractivity contribution is -0.139. The third kappa shape index (κ3) is 4.51. The Hall–Kier alpha value is -2.86. The lowest BCUT2D eigenvalue weighted by atomic mass is 9.98. The Morgan fingerprint density at radius 1 is 1.04 bits per heavy atom. The van der Waals surface area contributed by atoms with Crippen molar-refractivity contribution < 1.29 is 24.2 Å². The number of carboxylic acids is 1. The normalized spacial score (nSPS) is 13.5. The van der Waals surface area contributed by atoms with Crippen molar-refractivity contribution in [2.45, 2.75) is 31.2 Å². The molecule has 0 bridgehead atoms. The number of carbonyl (C=O) groups excluding carboxylic acids is 1. The van der Waals surface area contributed by atoms with Gasteiger partial charge in [0, 0.05) is 19.6 Å². The fraction of sp³-hybridized carbons (Fsp3) is 0.364. The van der Waals surface area contributed by atoms with Gasteiger partial charge in [0.15, 0.2) is 0 Å². The molecule has 1 atom stereocenters. The Morgan fingerprint density at radius 3 is 2.21 bits per heavy atom. The number of fused-ring (bicyclic) bond motifs is 3. The zero-order valence-corrected chi connectivity index (χ0v) is 15.9. The number of benzene rings is 2. The second-order valence-electron chi connectivity index (χ2n) is 6.85. The Kier molecular flexibility index (Phi) is 6.66. The summed E-state index contributed by atoms with van der Waals surface area (Å²) in [6, 6.07) is 15.2. The van der Waals surface area contributed by atoms with Gasteiger partial charge in [-0.2, -0.15) is 0 Å². The quantitative estimate of drug-likeness (QED) is 0.644. The number of nitrogens with one attached hydrogen (secondary N) is 1. The minimum Gasteiger partial charge on any atom is -0.480 e. The fourth-order valence-electron chi connectivity index (χ4n) is 3.63. The first-order chi connectivity index (χ1) is 13.6. The smallest absolute Gasteiger partial charge is 0.407 e. The topological polar surface area (TPSA) is 84.9 Å². The predicted molar refractivity (Wildman–Crippen MR) is 105 cm³/mol. The third-order valence-electron chi connectivity index (χ3n) is 5.03. The highest BCUT2D eigenvalue weighted by Gasteiger charge is 2.29. The molecule has 0 aromatic heterocycles. The van der Waals surface area contributed by atoms with Gasteiger partial charge in [-0.15, -0.1) is 0 Å². The van der Waals surface area contributed by atoms with Gasteiger partial charge in [0.05, 0.1) is 0 Å². The van der Waals surface area contributed by atoms with Gasteiger partial charge in [0.1, 0.15) is 12.6 Å². The van der Waals surface area contributed by atoms with Gasteiger partial charge in [0.2, 0.25) is 0 Å². The summed E-state index contributed by atoms with van der Waals surface area (Å²) >= 11 is 0. The van der Waals surface area contributed by atoms with E-state index in [2.05, 4.69) is 17.4 Å². The van der Waals surface area contributed by atoms with Gasteiger partial charge in [0.25, 0.3) is 0 Å². The van der Waals surface area contributed by atoms with Crippen molar-refractivity contribution in [3.63, 3.8) is 0 Å². The number of alkyl carbamates (subject to hydrolysis) is 1. The molecular weight excluding hydrogens is 358 g/mol. The molecule has 6 heteroatoms. The summed E-state index contributed by atoms with van der Waals surface area (Å²) in [7, 11) is 1.60. The van der Waals surface area contributed by atoms with Gasteiger partial charge in [-0.3, -0.25) is 0 Å². The number of rotatable bonds is 9. The van der Waals surface area contributed by atoms with Crippen molar-refractivity contribution in [2.24, 2.45) is 0 Å². The van der Waals surface area contributed by atoms with Crippen LogP contribution in [0.2, 0.25) is 0 Å². The number of hydrogen-bond acceptors (Lipinski definition) is 4. The molecule has 0 heterocycles. The van der Waals surface area contributed by atoms with Crippen molar-refractivity contribution in [3.05, 3.63) is 59.7 Å². The maximum absolute atomic E-state index is 12.2. The number of ether oxygens (including phenoxy) is 2. The Labute approximate surface area is 164 Å². The van der Waals surface area contributed by atoms with Gasteiger partial charge < -0.3 is 19.9 Å². The zero-order chi connectivity index (χ0) is 19.9. The SMILES string of the molecule is COCCCC[C@@H](NC(=O)OCC1c2ccccc2-c2ccccc21)C(=O)O. The van der Waals surface area contributed by atoms with Crippen LogP contribution in [0.5, 0.6) is 0 Å². The van der Waals surface area contributed by atoms with Crippen molar-refractivity contribution in [2.75, 3.05) is 20.3 Å². The average molecular weight is 383 g/mol. The van der Waals surface area contributed by atoms with Crippen molar-refractivity contribution in [3.8, 4) is 11.1 Å². The molecule has 0 saturated carbocycles. The van der Waals surface area contributed by atoms with Gasteiger partial charge in [-0.05, 0) is 41.5 Å². The summed E-state index contributed by atoms with van der Waals surface area (Å²) < 4.78 is 10.4. The van der Waals surface area contributed by atoms with E-state index in [9.17, 15) is 14.7 Å². The highest BCUT2D eigenvalue weighted by Crippen LogP contribution is 2.44. The van der Waals surface area contributed by atoms with Crippen LogP contribution < -0.4 is 5.32 Å². The molecule has 28 heavy (non-hydrogen) atoms. The highest BCUT2D eigenvalue weighted by atomic mass is 16.5.